The number of aromatic nitrogens is 2. The zero-order valence-corrected chi connectivity index (χ0v) is 12.8. The molecule has 1 aliphatic carbocycles. The Kier molecular flexibility index (Phi) is 3.87. The lowest BCUT2D eigenvalue weighted by molar-refractivity contribution is -0.132. The van der Waals surface area contributed by atoms with E-state index in [9.17, 15) is 15.0 Å². The fourth-order valence-electron chi connectivity index (χ4n) is 2.35. The van der Waals surface area contributed by atoms with Crippen LogP contribution in [0, 0.1) is 0 Å². The Hall–Kier alpha value is -3.42. The van der Waals surface area contributed by atoms with Crippen LogP contribution in [0.15, 0.2) is 40.9 Å². The number of ether oxygens (including phenoxy) is 2. The molecule has 1 aromatic carbocycles. The van der Waals surface area contributed by atoms with Crippen LogP contribution >= 0.6 is 0 Å². The smallest absolute Gasteiger partial charge is 0.341 e. The fraction of sp³-hybridized carbons (Fsp3) is 0.125. The van der Waals surface area contributed by atoms with Gasteiger partial charge in [0.2, 0.25) is 11.8 Å². The molecule has 0 aliphatic heterocycles. The average molecular weight is 327 g/mol. The van der Waals surface area contributed by atoms with Gasteiger partial charge >= 0.3 is 5.97 Å². The Balaban J connectivity index is 2.20. The highest BCUT2D eigenvalue weighted by atomic mass is 16.5. The number of carbonyl (C=O) groups is 1. The minimum Gasteiger partial charge on any atom is -0.506 e. The van der Waals surface area contributed by atoms with E-state index in [1.165, 1.54) is 20.3 Å². The van der Waals surface area contributed by atoms with Crippen LogP contribution in [0.5, 0.6) is 11.8 Å². The molecule has 122 valence electrons. The van der Waals surface area contributed by atoms with E-state index in [0.717, 1.165) is 0 Å². The normalized spacial score (nSPS) is 14.7. The molecule has 1 heterocycles. The van der Waals surface area contributed by atoms with Gasteiger partial charge in [-0.05, 0) is 0 Å². The van der Waals surface area contributed by atoms with Crippen molar-refractivity contribution < 1.29 is 24.5 Å². The Morgan fingerprint density at radius 3 is 2.21 bits per heavy atom. The second kappa shape index (κ2) is 5.99. The monoisotopic (exact) mass is 327 g/mol. The van der Waals surface area contributed by atoms with E-state index in [1.807, 2.05) is 0 Å². The number of carboxylic acids is 1. The lowest BCUT2D eigenvalue weighted by Gasteiger charge is -2.05. The molecule has 2 aromatic rings. The van der Waals surface area contributed by atoms with Crippen molar-refractivity contribution in [2.75, 3.05) is 14.2 Å². The number of hydrogen-bond donors (Lipinski definition) is 2. The molecular weight excluding hydrogens is 314 g/mol. The van der Waals surface area contributed by atoms with Crippen LogP contribution < -0.4 is 9.47 Å². The lowest BCUT2D eigenvalue weighted by Crippen LogP contribution is -2.11. The third-order valence-corrected chi connectivity index (χ3v) is 3.42. The zero-order chi connectivity index (χ0) is 17.3. The van der Waals surface area contributed by atoms with Crippen LogP contribution in [0.1, 0.15) is 11.1 Å². The summed E-state index contributed by atoms with van der Waals surface area (Å²) in [6.45, 7) is 0. The number of hydrogen-bond acceptors (Lipinski definition) is 7. The average Bonchev–Trinajstić information content (AvgIpc) is 2.87. The number of fused-ring (bicyclic) bond motifs is 1. The molecule has 0 unspecified atom stereocenters. The Labute approximate surface area is 136 Å². The summed E-state index contributed by atoms with van der Waals surface area (Å²) in [5.74, 6) is -1.23. The maximum Gasteiger partial charge on any atom is 0.341 e. The molecule has 1 aliphatic rings. The van der Waals surface area contributed by atoms with Crippen molar-refractivity contribution in [1.82, 2.24) is 9.97 Å². The minimum atomic E-state index is -1.29. The number of carboxylic acid groups (broad SMARTS) is 1. The molecular formula is C16H13N3O5. The van der Waals surface area contributed by atoms with Crippen LogP contribution in [-0.4, -0.2) is 46.1 Å². The van der Waals surface area contributed by atoms with Crippen molar-refractivity contribution in [3.05, 3.63) is 47.0 Å². The summed E-state index contributed by atoms with van der Waals surface area (Å²) >= 11 is 0. The zero-order valence-electron chi connectivity index (χ0n) is 12.8. The quantitative estimate of drug-likeness (QED) is 0.882. The maximum atomic E-state index is 11.5. The van der Waals surface area contributed by atoms with E-state index in [2.05, 4.69) is 15.0 Å². The topological polar surface area (TPSA) is 114 Å². The second-order valence-electron chi connectivity index (χ2n) is 4.79. The minimum absolute atomic E-state index is 0.0375. The van der Waals surface area contributed by atoms with Crippen LogP contribution in [0.2, 0.25) is 0 Å². The molecule has 0 fully saturated rings. The summed E-state index contributed by atoms with van der Waals surface area (Å²) in [5, 5.41) is 19.6. The van der Waals surface area contributed by atoms with Crippen LogP contribution in [0.3, 0.4) is 0 Å². The number of benzene rings is 1. The van der Waals surface area contributed by atoms with Gasteiger partial charge in [0, 0.05) is 11.1 Å². The van der Waals surface area contributed by atoms with Gasteiger partial charge in [0.15, 0.2) is 0 Å². The lowest BCUT2D eigenvalue weighted by atomic mass is 10.1. The van der Waals surface area contributed by atoms with Crippen molar-refractivity contribution in [1.29, 1.82) is 0 Å². The van der Waals surface area contributed by atoms with E-state index in [4.69, 9.17) is 9.47 Å². The fourth-order valence-corrected chi connectivity index (χ4v) is 2.35. The number of nitrogens with zero attached hydrogens (tertiary/aromatic N) is 3. The summed E-state index contributed by atoms with van der Waals surface area (Å²) in [5.41, 5.74) is 0.647. The molecule has 0 radical (unpaired) electrons. The van der Waals surface area contributed by atoms with Gasteiger partial charge in [0.05, 0.1) is 26.0 Å². The molecule has 1 aromatic heterocycles. The molecule has 8 nitrogen and oxygen atoms in total. The highest BCUT2D eigenvalue weighted by Crippen LogP contribution is 2.33. The van der Waals surface area contributed by atoms with E-state index in [1.54, 1.807) is 24.3 Å². The molecule has 24 heavy (non-hydrogen) atoms. The van der Waals surface area contributed by atoms with Gasteiger partial charge in [0.25, 0.3) is 5.95 Å². The van der Waals surface area contributed by atoms with E-state index < -0.39 is 5.97 Å². The first-order valence-electron chi connectivity index (χ1n) is 6.87. The third kappa shape index (κ3) is 2.54. The number of aliphatic imine (C=N–C) groups is 1. The largest absolute Gasteiger partial charge is 0.506 e. The molecule has 0 bridgehead atoms. The molecule has 0 saturated carbocycles. The number of methoxy groups -OCH3 is 2. The SMILES string of the molecule is COc1cc(OC)nc(/N=C2/C(C(=O)O)=C(O)c3ccccc32)n1. The van der Waals surface area contributed by atoms with Crippen molar-refractivity contribution in [2.24, 2.45) is 4.99 Å². The molecule has 3 rings (SSSR count). The summed E-state index contributed by atoms with van der Waals surface area (Å²) in [7, 11) is 2.86. The van der Waals surface area contributed by atoms with Crippen LogP contribution in [0.4, 0.5) is 5.95 Å². The number of rotatable bonds is 4. The maximum absolute atomic E-state index is 11.5. The first-order chi connectivity index (χ1) is 11.5. The third-order valence-electron chi connectivity index (χ3n) is 3.42. The molecule has 2 N–H and O–H groups in total. The highest BCUT2D eigenvalue weighted by molar-refractivity contribution is 6.34. The van der Waals surface area contributed by atoms with Gasteiger partial charge in [0.1, 0.15) is 11.3 Å². The van der Waals surface area contributed by atoms with Crippen LogP contribution in [0.25, 0.3) is 5.76 Å². The van der Waals surface area contributed by atoms with Gasteiger partial charge in [-0.15, -0.1) is 0 Å². The Morgan fingerprint density at radius 1 is 1.08 bits per heavy atom. The molecule has 8 heteroatoms. The molecule has 0 saturated heterocycles. The first kappa shape index (κ1) is 15.5. The summed E-state index contributed by atoms with van der Waals surface area (Å²) in [4.78, 5) is 23.9. The summed E-state index contributed by atoms with van der Waals surface area (Å²) in [6, 6.07) is 8.17. The van der Waals surface area contributed by atoms with Crippen molar-refractivity contribution in [2.45, 2.75) is 0 Å². The van der Waals surface area contributed by atoms with Crippen molar-refractivity contribution >= 4 is 23.4 Å². The molecule has 0 amide bonds. The number of aliphatic hydroxyl groups is 1. The molecule has 0 atom stereocenters. The second-order valence-corrected chi connectivity index (χ2v) is 4.79. The summed E-state index contributed by atoms with van der Waals surface area (Å²) < 4.78 is 10.1. The Morgan fingerprint density at radius 2 is 1.67 bits per heavy atom. The predicted octanol–water partition coefficient (Wildman–Crippen LogP) is 1.98. The van der Waals surface area contributed by atoms with E-state index >= 15 is 0 Å². The first-order valence-corrected chi connectivity index (χ1v) is 6.87. The summed E-state index contributed by atoms with van der Waals surface area (Å²) in [6.07, 6.45) is 0. The van der Waals surface area contributed by atoms with Gasteiger partial charge in [-0.3, -0.25) is 0 Å². The molecule has 0 spiro atoms. The van der Waals surface area contributed by atoms with Crippen molar-refractivity contribution in [3.8, 4) is 11.8 Å². The predicted molar refractivity (Wildman–Crippen MR) is 85.0 cm³/mol. The number of aliphatic carboxylic acids is 1. The van der Waals surface area contributed by atoms with Gasteiger partial charge < -0.3 is 19.7 Å². The van der Waals surface area contributed by atoms with Gasteiger partial charge in [-0.1, -0.05) is 24.3 Å². The van der Waals surface area contributed by atoms with Crippen LogP contribution in [-0.2, 0) is 4.79 Å². The van der Waals surface area contributed by atoms with Crippen molar-refractivity contribution in [3.63, 3.8) is 0 Å². The Bertz CT molecular complexity index is 867. The standard InChI is InChI=1S/C16H13N3O5/c1-23-10-7-11(24-2)18-16(17-10)19-13-8-5-3-4-6-9(8)14(20)12(13)15(21)22/h3-7,20H,1-2H3,(H,21,22)/b19-13+. The van der Waals surface area contributed by atoms with E-state index in [-0.39, 0.29) is 34.8 Å². The van der Waals surface area contributed by atoms with Gasteiger partial charge in [-0.2, -0.15) is 9.97 Å². The highest BCUT2D eigenvalue weighted by Gasteiger charge is 2.32. The van der Waals surface area contributed by atoms with Gasteiger partial charge in [-0.25, -0.2) is 9.79 Å². The van der Waals surface area contributed by atoms with E-state index in [0.29, 0.717) is 11.1 Å². The number of aliphatic hydroxyl groups excluding tert-OH is 1.